The number of thioether (sulfide) groups is 1. The molecule has 172 valence electrons. The maximum Gasteiger partial charge on any atom is 0.237 e. The van der Waals surface area contributed by atoms with Crippen molar-refractivity contribution in [1.82, 2.24) is 14.8 Å². The van der Waals surface area contributed by atoms with Crippen LogP contribution in [0.4, 0.5) is 11.4 Å². The van der Waals surface area contributed by atoms with Gasteiger partial charge in [0, 0.05) is 29.4 Å². The summed E-state index contributed by atoms with van der Waals surface area (Å²) >= 11 is 3.04. The monoisotopic (exact) mass is 489 g/mol. The molecule has 0 radical (unpaired) electrons. The average Bonchev–Trinajstić information content (AvgIpc) is 3.47. The SMILES string of the molecule is C[C@H]1CC(=O)Nc2ccccc2N1C(=O)CSc1nnc(Cc2cccs2)n1-c1ccccc1. The zero-order chi connectivity index (χ0) is 23.5. The lowest BCUT2D eigenvalue weighted by Crippen LogP contribution is -2.40. The Morgan fingerprint density at radius 3 is 2.68 bits per heavy atom. The Balaban J connectivity index is 1.41. The van der Waals surface area contributed by atoms with E-state index in [1.165, 1.54) is 16.6 Å². The number of carbonyl (C=O) groups is 2. The smallest absolute Gasteiger partial charge is 0.237 e. The molecule has 0 unspecified atom stereocenters. The molecule has 2 aromatic heterocycles. The predicted molar refractivity (Wildman–Crippen MR) is 136 cm³/mol. The molecule has 7 nitrogen and oxygen atoms in total. The summed E-state index contributed by atoms with van der Waals surface area (Å²) < 4.78 is 2.02. The first kappa shape index (κ1) is 22.4. The number of hydrogen-bond acceptors (Lipinski definition) is 6. The van der Waals surface area contributed by atoms with Crippen LogP contribution in [0, 0.1) is 0 Å². The molecule has 4 aromatic rings. The number of nitrogens with zero attached hydrogens (tertiary/aromatic N) is 4. The first-order valence-corrected chi connectivity index (χ1v) is 12.8. The number of hydrogen-bond donors (Lipinski definition) is 1. The van der Waals surface area contributed by atoms with Crippen LogP contribution in [-0.2, 0) is 16.0 Å². The fourth-order valence-corrected chi connectivity index (χ4v) is 5.61. The van der Waals surface area contributed by atoms with Crippen LogP contribution in [-0.4, -0.2) is 38.4 Å². The van der Waals surface area contributed by atoms with E-state index in [1.807, 2.05) is 77.5 Å². The number of thiophene rings is 1. The van der Waals surface area contributed by atoms with Crippen molar-refractivity contribution in [2.75, 3.05) is 16.0 Å². The molecule has 0 saturated carbocycles. The van der Waals surface area contributed by atoms with Gasteiger partial charge in [-0.2, -0.15) is 0 Å². The summed E-state index contributed by atoms with van der Waals surface area (Å²) in [6.45, 7) is 1.90. The standard InChI is InChI=1S/C25H23N5O2S2/c1-17-14-23(31)26-20-11-5-6-12-21(20)29(17)24(32)16-34-25-28-27-22(15-19-10-7-13-33-19)30(25)18-8-3-2-4-9-18/h2-13,17H,14-16H2,1H3,(H,26,31)/t17-/m0/s1. The summed E-state index contributed by atoms with van der Waals surface area (Å²) in [5.41, 5.74) is 2.33. The van der Waals surface area contributed by atoms with E-state index in [9.17, 15) is 9.59 Å². The average molecular weight is 490 g/mol. The Labute approximate surface area is 205 Å². The molecule has 0 bridgehead atoms. The molecule has 2 amide bonds. The van der Waals surface area contributed by atoms with Crippen molar-refractivity contribution in [3.63, 3.8) is 0 Å². The summed E-state index contributed by atoms with van der Waals surface area (Å²) in [6.07, 6.45) is 0.911. The van der Waals surface area contributed by atoms with Gasteiger partial charge in [-0.15, -0.1) is 21.5 Å². The second-order valence-electron chi connectivity index (χ2n) is 8.00. The largest absolute Gasteiger partial charge is 0.324 e. The molecule has 0 saturated heterocycles. The molecule has 1 N–H and O–H groups in total. The lowest BCUT2D eigenvalue weighted by atomic mass is 10.2. The molecule has 9 heteroatoms. The van der Waals surface area contributed by atoms with Gasteiger partial charge in [-0.1, -0.05) is 48.2 Å². The van der Waals surface area contributed by atoms with Crippen LogP contribution >= 0.6 is 23.1 Å². The molecule has 0 fully saturated rings. The van der Waals surface area contributed by atoms with E-state index >= 15 is 0 Å². The van der Waals surface area contributed by atoms with Gasteiger partial charge in [0.05, 0.1) is 17.1 Å². The van der Waals surface area contributed by atoms with Crippen molar-refractivity contribution < 1.29 is 9.59 Å². The third kappa shape index (κ3) is 4.62. The fraction of sp³-hybridized carbons (Fsp3) is 0.200. The highest BCUT2D eigenvalue weighted by Crippen LogP contribution is 2.32. The third-order valence-corrected chi connectivity index (χ3v) is 7.37. The molecule has 5 rings (SSSR count). The van der Waals surface area contributed by atoms with Crippen molar-refractivity contribution in [2.45, 2.75) is 31.0 Å². The molecular formula is C25H23N5O2S2. The minimum atomic E-state index is -0.252. The first-order valence-electron chi connectivity index (χ1n) is 11.0. The number of fused-ring (bicyclic) bond motifs is 1. The maximum atomic E-state index is 13.4. The summed E-state index contributed by atoms with van der Waals surface area (Å²) in [7, 11) is 0. The van der Waals surface area contributed by atoms with E-state index in [1.54, 1.807) is 16.2 Å². The number of amides is 2. The normalized spacial score (nSPS) is 15.5. The van der Waals surface area contributed by atoms with Gasteiger partial charge in [-0.3, -0.25) is 14.2 Å². The number of nitrogens with one attached hydrogen (secondary N) is 1. The highest BCUT2D eigenvalue weighted by Gasteiger charge is 2.30. The molecule has 0 spiro atoms. The number of rotatable bonds is 6. The Morgan fingerprint density at radius 2 is 1.88 bits per heavy atom. The van der Waals surface area contributed by atoms with E-state index in [2.05, 4.69) is 21.6 Å². The molecule has 34 heavy (non-hydrogen) atoms. The minimum absolute atomic E-state index is 0.0798. The predicted octanol–water partition coefficient (Wildman–Crippen LogP) is 4.78. The van der Waals surface area contributed by atoms with Gasteiger partial charge >= 0.3 is 0 Å². The molecular weight excluding hydrogens is 466 g/mol. The van der Waals surface area contributed by atoms with Crippen molar-refractivity contribution in [3.8, 4) is 5.69 Å². The van der Waals surface area contributed by atoms with E-state index in [-0.39, 0.29) is 30.0 Å². The van der Waals surface area contributed by atoms with Gasteiger partial charge in [0.2, 0.25) is 11.8 Å². The van der Waals surface area contributed by atoms with Crippen LogP contribution in [0.5, 0.6) is 0 Å². The zero-order valence-electron chi connectivity index (χ0n) is 18.5. The summed E-state index contributed by atoms with van der Waals surface area (Å²) in [5, 5.41) is 14.5. The van der Waals surface area contributed by atoms with E-state index in [0.717, 1.165) is 17.2 Å². The second kappa shape index (κ2) is 9.82. The van der Waals surface area contributed by atoms with Crippen LogP contribution in [0.1, 0.15) is 24.0 Å². The molecule has 3 heterocycles. The third-order valence-electron chi connectivity index (χ3n) is 5.58. The molecule has 0 aliphatic carbocycles. The quantitative estimate of drug-likeness (QED) is 0.395. The van der Waals surface area contributed by atoms with Crippen LogP contribution in [0.15, 0.2) is 77.3 Å². The number of benzene rings is 2. The van der Waals surface area contributed by atoms with Crippen LogP contribution < -0.4 is 10.2 Å². The van der Waals surface area contributed by atoms with Crippen LogP contribution in [0.3, 0.4) is 0 Å². The fourth-order valence-electron chi connectivity index (χ4n) is 4.08. The van der Waals surface area contributed by atoms with Gasteiger partial charge in [0.1, 0.15) is 5.82 Å². The van der Waals surface area contributed by atoms with Crippen molar-refractivity contribution in [1.29, 1.82) is 0 Å². The minimum Gasteiger partial charge on any atom is -0.324 e. The van der Waals surface area contributed by atoms with E-state index in [0.29, 0.717) is 17.3 Å². The van der Waals surface area contributed by atoms with Crippen molar-refractivity contribution in [2.24, 2.45) is 0 Å². The number of aromatic nitrogens is 3. The number of carbonyl (C=O) groups excluding carboxylic acids is 2. The maximum absolute atomic E-state index is 13.4. The Hall–Kier alpha value is -3.43. The first-order chi connectivity index (χ1) is 16.6. The van der Waals surface area contributed by atoms with Crippen molar-refractivity contribution in [3.05, 3.63) is 82.8 Å². The Bertz CT molecular complexity index is 1300. The molecule has 2 aromatic carbocycles. The van der Waals surface area contributed by atoms with E-state index < -0.39 is 0 Å². The summed E-state index contributed by atoms with van der Waals surface area (Å²) in [4.78, 5) is 28.6. The lowest BCUT2D eigenvalue weighted by Gasteiger charge is -2.27. The van der Waals surface area contributed by atoms with Crippen LogP contribution in [0.2, 0.25) is 0 Å². The summed E-state index contributed by atoms with van der Waals surface area (Å²) in [5.74, 6) is 0.831. The number of para-hydroxylation sites is 3. The van der Waals surface area contributed by atoms with E-state index in [4.69, 9.17) is 0 Å². The zero-order valence-corrected chi connectivity index (χ0v) is 20.2. The molecule has 1 aliphatic rings. The van der Waals surface area contributed by atoms with Crippen LogP contribution in [0.25, 0.3) is 5.69 Å². The van der Waals surface area contributed by atoms with Gasteiger partial charge in [0.15, 0.2) is 5.16 Å². The lowest BCUT2D eigenvalue weighted by molar-refractivity contribution is -0.117. The topological polar surface area (TPSA) is 80.1 Å². The van der Waals surface area contributed by atoms with Gasteiger partial charge < -0.3 is 10.2 Å². The molecule has 1 atom stereocenters. The van der Waals surface area contributed by atoms with Gasteiger partial charge in [-0.25, -0.2) is 0 Å². The second-order valence-corrected chi connectivity index (χ2v) is 9.97. The Morgan fingerprint density at radius 1 is 1.09 bits per heavy atom. The van der Waals surface area contributed by atoms with Gasteiger partial charge in [0.25, 0.3) is 0 Å². The number of anilines is 2. The highest BCUT2D eigenvalue weighted by molar-refractivity contribution is 7.99. The Kier molecular flexibility index (Phi) is 6.46. The van der Waals surface area contributed by atoms with Gasteiger partial charge in [-0.05, 0) is 42.6 Å². The van der Waals surface area contributed by atoms with Crippen molar-refractivity contribution >= 4 is 46.3 Å². The molecule has 1 aliphatic heterocycles. The summed E-state index contributed by atoms with van der Waals surface area (Å²) in [6, 6.07) is 21.2. The highest BCUT2D eigenvalue weighted by atomic mass is 32.2.